The summed E-state index contributed by atoms with van der Waals surface area (Å²) in [5.41, 5.74) is 5.62. The molecular formula is C28H35N3O8. The summed E-state index contributed by atoms with van der Waals surface area (Å²) in [7, 11) is 0. The highest BCUT2D eigenvalue weighted by Gasteiger charge is 2.28. The number of carboxylic acids is 1. The summed E-state index contributed by atoms with van der Waals surface area (Å²) in [6.45, 7) is 10.0. The number of ether oxygens (including phenoxy) is 3. The van der Waals surface area contributed by atoms with Crippen LogP contribution in [0.15, 0.2) is 53.5 Å². The Hall–Kier alpha value is -4.41. The predicted molar refractivity (Wildman–Crippen MR) is 145 cm³/mol. The Kier molecular flexibility index (Phi) is 10.2. The average Bonchev–Trinajstić information content (AvgIpc) is 2.78. The molecule has 0 fully saturated rings. The van der Waals surface area contributed by atoms with Crippen molar-refractivity contribution in [3.05, 3.63) is 59.7 Å². The Morgan fingerprint density at radius 1 is 0.872 bits per heavy atom. The third kappa shape index (κ3) is 10.8. The quantitative estimate of drug-likeness (QED) is 0.205. The fourth-order valence-electron chi connectivity index (χ4n) is 3.15. The number of aliphatic carboxylic acids is 1. The molecule has 11 heteroatoms. The molecule has 3 N–H and O–H groups in total. The molecule has 2 amide bonds. The lowest BCUT2D eigenvalue weighted by Gasteiger charge is -2.27. The third-order valence-electron chi connectivity index (χ3n) is 4.76. The fraction of sp³-hybridized carbons (Fsp3) is 0.393. The molecule has 0 spiro atoms. The molecule has 2 rings (SSSR count). The molecule has 0 radical (unpaired) electrons. The van der Waals surface area contributed by atoms with Gasteiger partial charge in [-0.15, -0.1) is 4.99 Å². The topological polar surface area (TPSA) is 158 Å². The van der Waals surface area contributed by atoms with Crippen LogP contribution in [0.3, 0.4) is 0 Å². The van der Waals surface area contributed by atoms with E-state index in [0.29, 0.717) is 18.6 Å². The highest BCUT2D eigenvalue weighted by Crippen LogP contribution is 2.21. The van der Waals surface area contributed by atoms with Gasteiger partial charge in [-0.05, 0) is 96.3 Å². The lowest BCUT2D eigenvalue weighted by molar-refractivity contribution is -0.137. The SMILES string of the molecule is CC(C)(C)OC(=O)N=C(N)N(C(=O)OC(C)(C)C)c1ccc(C(=O)Oc2ccc(CCCC(=O)O)cc2)cc1. The van der Waals surface area contributed by atoms with E-state index < -0.39 is 41.3 Å². The molecule has 0 aliphatic heterocycles. The molecule has 39 heavy (non-hydrogen) atoms. The fourth-order valence-corrected chi connectivity index (χ4v) is 3.15. The van der Waals surface area contributed by atoms with E-state index in [1.54, 1.807) is 65.8 Å². The van der Waals surface area contributed by atoms with Crippen LogP contribution in [0.5, 0.6) is 5.75 Å². The second-order valence-electron chi connectivity index (χ2n) is 10.6. The normalized spacial score (nSPS) is 11.9. The number of carboxylic acid groups (broad SMARTS) is 1. The molecule has 0 saturated carbocycles. The van der Waals surface area contributed by atoms with Gasteiger partial charge in [-0.25, -0.2) is 19.3 Å². The van der Waals surface area contributed by atoms with Crippen LogP contribution in [0, 0.1) is 0 Å². The second-order valence-corrected chi connectivity index (χ2v) is 10.6. The van der Waals surface area contributed by atoms with Crippen molar-refractivity contribution >= 4 is 35.8 Å². The number of benzene rings is 2. The number of rotatable bonds is 7. The molecule has 0 aliphatic carbocycles. The van der Waals surface area contributed by atoms with Crippen LogP contribution in [0.2, 0.25) is 0 Å². The van der Waals surface area contributed by atoms with Gasteiger partial charge in [-0.1, -0.05) is 12.1 Å². The van der Waals surface area contributed by atoms with E-state index in [4.69, 9.17) is 25.1 Å². The minimum atomic E-state index is -0.985. The van der Waals surface area contributed by atoms with Crippen molar-refractivity contribution in [1.82, 2.24) is 0 Å². The zero-order chi connectivity index (χ0) is 29.4. The van der Waals surface area contributed by atoms with Crippen molar-refractivity contribution < 1.29 is 38.5 Å². The monoisotopic (exact) mass is 541 g/mol. The lowest BCUT2D eigenvalue weighted by atomic mass is 10.1. The van der Waals surface area contributed by atoms with Crippen molar-refractivity contribution in [3.8, 4) is 5.75 Å². The first-order chi connectivity index (χ1) is 18.0. The van der Waals surface area contributed by atoms with Crippen LogP contribution >= 0.6 is 0 Å². The smallest absolute Gasteiger partial charge is 0.437 e. The van der Waals surface area contributed by atoms with Gasteiger partial charge in [0, 0.05) is 6.42 Å². The van der Waals surface area contributed by atoms with E-state index in [1.807, 2.05) is 0 Å². The van der Waals surface area contributed by atoms with E-state index in [2.05, 4.69) is 4.99 Å². The molecule has 0 aromatic heterocycles. The molecule has 11 nitrogen and oxygen atoms in total. The first-order valence-electron chi connectivity index (χ1n) is 12.3. The van der Waals surface area contributed by atoms with Crippen LogP contribution in [-0.4, -0.2) is 46.4 Å². The first-order valence-corrected chi connectivity index (χ1v) is 12.3. The minimum absolute atomic E-state index is 0.0800. The highest BCUT2D eigenvalue weighted by atomic mass is 16.6. The lowest BCUT2D eigenvalue weighted by Crippen LogP contribution is -2.45. The number of esters is 1. The Labute approximate surface area is 227 Å². The maximum Gasteiger partial charge on any atom is 0.437 e. The summed E-state index contributed by atoms with van der Waals surface area (Å²) < 4.78 is 16.0. The number of carbonyl (C=O) groups is 4. The van der Waals surface area contributed by atoms with E-state index in [0.717, 1.165) is 10.5 Å². The van der Waals surface area contributed by atoms with Crippen molar-refractivity contribution in [2.45, 2.75) is 72.0 Å². The molecule has 0 aliphatic rings. The number of nitrogens with zero attached hydrogens (tertiary/aromatic N) is 2. The summed E-state index contributed by atoms with van der Waals surface area (Å²) in [5, 5.41) is 8.75. The standard InChI is InChI=1S/C28H35N3O8/c1-27(2,3)38-25(35)30-24(29)31(26(36)39-28(4,5)6)20-14-12-19(13-15-20)23(34)37-21-16-10-18(11-17-21)8-7-9-22(32)33/h10-17H,7-9H2,1-6H3,(H,32,33)(H2,29,30,35). The molecule has 0 unspecified atom stereocenters. The van der Waals surface area contributed by atoms with Gasteiger partial charge in [-0.2, -0.15) is 0 Å². The Morgan fingerprint density at radius 3 is 1.95 bits per heavy atom. The van der Waals surface area contributed by atoms with E-state index in [1.165, 1.54) is 24.3 Å². The number of hydrogen-bond acceptors (Lipinski definition) is 7. The van der Waals surface area contributed by atoms with E-state index in [9.17, 15) is 19.2 Å². The molecule has 0 bridgehead atoms. The van der Waals surface area contributed by atoms with Crippen LogP contribution in [0.25, 0.3) is 0 Å². The van der Waals surface area contributed by atoms with Crippen LogP contribution < -0.4 is 15.4 Å². The Morgan fingerprint density at radius 2 is 1.44 bits per heavy atom. The Bertz CT molecular complexity index is 1210. The highest BCUT2D eigenvalue weighted by molar-refractivity contribution is 6.15. The Balaban J connectivity index is 2.20. The van der Waals surface area contributed by atoms with E-state index in [-0.39, 0.29) is 17.7 Å². The van der Waals surface area contributed by atoms with Gasteiger partial charge in [0.1, 0.15) is 17.0 Å². The zero-order valence-corrected chi connectivity index (χ0v) is 23.0. The van der Waals surface area contributed by atoms with Crippen LogP contribution in [0.1, 0.15) is 70.3 Å². The molecule has 0 atom stereocenters. The van der Waals surface area contributed by atoms with Crippen LogP contribution in [0.4, 0.5) is 15.3 Å². The van der Waals surface area contributed by atoms with Crippen molar-refractivity contribution in [3.63, 3.8) is 0 Å². The summed E-state index contributed by atoms with van der Waals surface area (Å²) in [4.78, 5) is 53.0. The summed E-state index contributed by atoms with van der Waals surface area (Å²) in [6, 6.07) is 12.5. The second kappa shape index (κ2) is 12.9. The number of aryl methyl sites for hydroxylation is 1. The van der Waals surface area contributed by atoms with Gasteiger partial charge in [0.25, 0.3) is 0 Å². The van der Waals surface area contributed by atoms with Crippen molar-refractivity contribution in [1.29, 1.82) is 0 Å². The molecule has 0 heterocycles. The number of hydrogen-bond donors (Lipinski definition) is 2. The molecule has 210 valence electrons. The molecule has 2 aromatic carbocycles. The van der Waals surface area contributed by atoms with Crippen molar-refractivity contribution in [2.75, 3.05) is 4.90 Å². The minimum Gasteiger partial charge on any atom is -0.481 e. The van der Waals surface area contributed by atoms with Gasteiger partial charge >= 0.3 is 24.1 Å². The van der Waals surface area contributed by atoms with Gasteiger partial charge in [-0.3, -0.25) is 4.79 Å². The summed E-state index contributed by atoms with van der Waals surface area (Å²) in [6.07, 6.45) is -0.686. The number of anilines is 1. The van der Waals surface area contributed by atoms with Gasteiger partial charge in [0.05, 0.1) is 11.3 Å². The third-order valence-corrected chi connectivity index (χ3v) is 4.76. The molecule has 2 aromatic rings. The number of aliphatic imine (C=N–C) groups is 1. The summed E-state index contributed by atoms with van der Waals surface area (Å²) >= 11 is 0. The average molecular weight is 542 g/mol. The van der Waals surface area contributed by atoms with Crippen molar-refractivity contribution in [2.24, 2.45) is 10.7 Å². The number of nitrogens with two attached hydrogens (primary N) is 1. The van der Waals surface area contributed by atoms with Gasteiger partial charge in [0.2, 0.25) is 5.96 Å². The number of carbonyl (C=O) groups excluding carboxylic acids is 3. The number of guanidine groups is 1. The maximum absolute atomic E-state index is 12.9. The molecule has 0 saturated heterocycles. The first kappa shape index (κ1) is 30.8. The maximum atomic E-state index is 12.9. The number of amides is 2. The van der Waals surface area contributed by atoms with E-state index >= 15 is 0 Å². The zero-order valence-electron chi connectivity index (χ0n) is 23.0. The molecular weight excluding hydrogens is 506 g/mol. The van der Waals surface area contributed by atoms with Gasteiger partial charge < -0.3 is 25.1 Å². The van der Waals surface area contributed by atoms with Gasteiger partial charge in [0.15, 0.2) is 0 Å². The largest absolute Gasteiger partial charge is 0.481 e. The van der Waals surface area contributed by atoms with Crippen LogP contribution in [-0.2, 0) is 20.7 Å². The summed E-state index contributed by atoms with van der Waals surface area (Å²) in [5.74, 6) is -1.65. The predicted octanol–water partition coefficient (Wildman–Crippen LogP) is 5.30.